The number of amides is 3. The van der Waals surface area contributed by atoms with Crippen molar-refractivity contribution in [2.75, 3.05) is 32.8 Å². The molecule has 1 spiro atoms. The van der Waals surface area contributed by atoms with Gasteiger partial charge in [-0.3, -0.25) is 14.4 Å². The molecule has 0 aliphatic carbocycles. The van der Waals surface area contributed by atoms with E-state index in [0.717, 1.165) is 18.2 Å². The van der Waals surface area contributed by atoms with Gasteiger partial charge in [0.05, 0.1) is 11.0 Å². The van der Waals surface area contributed by atoms with E-state index in [1.807, 2.05) is 12.2 Å². The zero-order valence-corrected chi connectivity index (χ0v) is 19.2. The standard InChI is InChI=1S/C26H27F2N3O4/c27-19-15-18(16-20(28)17-19)24(33)31-12-8-26(9-13-31)7-3-4-14-35-22-6-2-1-5-21(22)23(32)29-10-11-30-25(26)34/h1-6,15-17H,7-14H2,(H,29,32)(H,30,34)/b4-3+. The molecule has 1 fully saturated rings. The van der Waals surface area contributed by atoms with E-state index in [2.05, 4.69) is 10.6 Å². The van der Waals surface area contributed by atoms with Crippen LogP contribution in [0, 0.1) is 17.0 Å². The molecule has 2 N–H and O–H groups in total. The van der Waals surface area contributed by atoms with Crippen LogP contribution in [0.15, 0.2) is 54.6 Å². The molecule has 2 heterocycles. The third kappa shape index (κ3) is 5.67. The molecule has 2 aromatic rings. The van der Waals surface area contributed by atoms with Gasteiger partial charge in [-0.1, -0.05) is 24.3 Å². The number of piperidine rings is 1. The van der Waals surface area contributed by atoms with Crippen LogP contribution in [0.3, 0.4) is 0 Å². The minimum absolute atomic E-state index is 0.0537. The van der Waals surface area contributed by atoms with Crippen LogP contribution in [0.25, 0.3) is 0 Å². The van der Waals surface area contributed by atoms with Gasteiger partial charge in [0.1, 0.15) is 24.0 Å². The maximum absolute atomic E-state index is 13.6. The Balaban J connectivity index is 1.46. The minimum atomic E-state index is -0.811. The van der Waals surface area contributed by atoms with Crippen molar-refractivity contribution >= 4 is 17.7 Å². The molecule has 2 aliphatic rings. The fourth-order valence-electron chi connectivity index (χ4n) is 4.45. The normalized spacial score (nSPS) is 19.5. The Morgan fingerprint density at radius 3 is 2.37 bits per heavy atom. The Bertz CT molecular complexity index is 1120. The number of carbonyl (C=O) groups excluding carboxylic acids is 3. The number of nitrogens with one attached hydrogen (secondary N) is 2. The number of ether oxygens (including phenoxy) is 1. The summed E-state index contributed by atoms with van der Waals surface area (Å²) < 4.78 is 32.9. The maximum Gasteiger partial charge on any atom is 0.255 e. The van der Waals surface area contributed by atoms with Crippen LogP contribution in [-0.4, -0.2) is 55.4 Å². The lowest BCUT2D eigenvalue weighted by atomic mass is 9.74. The van der Waals surface area contributed by atoms with Gasteiger partial charge in [-0.25, -0.2) is 8.78 Å². The SMILES string of the molecule is O=C1NCCNC(=O)C2(C/C=C/COc3ccccc31)CCN(C(=O)c1cc(F)cc(F)c1)CC2. The van der Waals surface area contributed by atoms with Gasteiger partial charge < -0.3 is 20.3 Å². The highest BCUT2D eigenvalue weighted by Crippen LogP contribution is 2.36. The first-order valence-corrected chi connectivity index (χ1v) is 11.6. The number of nitrogens with zero attached hydrogens (tertiary/aromatic N) is 1. The Morgan fingerprint density at radius 1 is 0.943 bits per heavy atom. The van der Waals surface area contributed by atoms with Crippen LogP contribution in [0.5, 0.6) is 5.75 Å². The maximum atomic E-state index is 13.6. The number of halogens is 2. The van der Waals surface area contributed by atoms with E-state index in [1.54, 1.807) is 24.3 Å². The van der Waals surface area contributed by atoms with Crippen molar-refractivity contribution in [2.45, 2.75) is 19.3 Å². The van der Waals surface area contributed by atoms with E-state index in [4.69, 9.17) is 4.74 Å². The monoisotopic (exact) mass is 483 g/mol. The van der Waals surface area contributed by atoms with Crippen LogP contribution in [0.2, 0.25) is 0 Å². The zero-order chi connectivity index (χ0) is 24.8. The number of para-hydroxylation sites is 1. The van der Waals surface area contributed by atoms with Crippen LogP contribution in [0.4, 0.5) is 8.78 Å². The van der Waals surface area contributed by atoms with Gasteiger partial charge in [-0.05, 0) is 43.5 Å². The molecule has 184 valence electrons. The predicted molar refractivity (Wildman–Crippen MR) is 125 cm³/mol. The summed E-state index contributed by atoms with van der Waals surface area (Å²) in [5.74, 6) is -2.05. The number of likely N-dealkylation sites (tertiary alicyclic amines) is 1. The molecule has 2 aromatic carbocycles. The minimum Gasteiger partial charge on any atom is -0.489 e. The molecule has 2 aliphatic heterocycles. The summed E-state index contributed by atoms with van der Waals surface area (Å²) >= 11 is 0. The molecule has 7 nitrogen and oxygen atoms in total. The Hall–Kier alpha value is -3.75. The van der Waals surface area contributed by atoms with Gasteiger partial charge in [0.2, 0.25) is 5.91 Å². The summed E-state index contributed by atoms with van der Waals surface area (Å²) in [6.07, 6.45) is 4.92. The van der Waals surface area contributed by atoms with E-state index in [1.165, 1.54) is 4.90 Å². The lowest BCUT2D eigenvalue weighted by molar-refractivity contribution is -0.133. The average Bonchev–Trinajstić information content (AvgIpc) is 2.85. The highest BCUT2D eigenvalue weighted by Gasteiger charge is 2.41. The fraction of sp³-hybridized carbons (Fsp3) is 0.346. The number of carbonyl (C=O) groups is 3. The summed E-state index contributed by atoms with van der Waals surface area (Å²) in [4.78, 5) is 40.0. The van der Waals surface area contributed by atoms with Crippen LogP contribution < -0.4 is 15.4 Å². The lowest BCUT2D eigenvalue weighted by Crippen LogP contribution is -2.51. The number of benzene rings is 2. The largest absolute Gasteiger partial charge is 0.489 e. The second kappa shape index (κ2) is 10.7. The molecule has 4 rings (SSSR count). The Morgan fingerprint density at radius 2 is 1.63 bits per heavy atom. The smallest absolute Gasteiger partial charge is 0.255 e. The van der Waals surface area contributed by atoms with Crippen LogP contribution in [0.1, 0.15) is 40.0 Å². The second-order valence-corrected chi connectivity index (χ2v) is 8.73. The van der Waals surface area contributed by atoms with Crippen LogP contribution in [-0.2, 0) is 4.79 Å². The van der Waals surface area contributed by atoms with Gasteiger partial charge >= 0.3 is 0 Å². The van der Waals surface area contributed by atoms with E-state index < -0.39 is 23.0 Å². The first-order chi connectivity index (χ1) is 16.9. The predicted octanol–water partition coefficient (Wildman–Crippen LogP) is 3.07. The molecule has 0 radical (unpaired) electrons. The summed E-state index contributed by atoms with van der Waals surface area (Å²) in [6, 6.07) is 9.71. The van der Waals surface area contributed by atoms with Crippen LogP contribution >= 0.6 is 0 Å². The number of hydrogen-bond acceptors (Lipinski definition) is 4. The summed E-state index contributed by atoms with van der Waals surface area (Å²) in [5, 5.41) is 5.70. The van der Waals surface area contributed by atoms with E-state index in [9.17, 15) is 23.2 Å². The molecule has 0 saturated carbocycles. The number of rotatable bonds is 1. The molecular formula is C26H27F2N3O4. The zero-order valence-electron chi connectivity index (χ0n) is 19.2. The Kier molecular flexibility index (Phi) is 7.43. The third-order valence-corrected chi connectivity index (χ3v) is 6.44. The Labute approximate surface area is 202 Å². The van der Waals surface area contributed by atoms with Crippen molar-refractivity contribution < 1.29 is 27.9 Å². The average molecular weight is 484 g/mol. The highest BCUT2D eigenvalue weighted by molar-refractivity contribution is 5.97. The molecule has 0 atom stereocenters. The summed E-state index contributed by atoms with van der Waals surface area (Å²) in [7, 11) is 0. The topological polar surface area (TPSA) is 87.7 Å². The number of hydrogen-bond donors (Lipinski definition) is 2. The van der Waals surface area contributed by atoms with Crippen molar-refractivity contribution in [2.24, 2.45) is 5.41 Å². The first kappa shape index (κ1) is 24.4. The molecule has 9 heteroatoms. The molecule has 0 aromatic heterocycles. The number of fused-ring (bicyclic) bond motifs is 1. The van der Waals surface area contributed by atoms with Gasteiger partial charge in [0, 0.05) is 37.8 Å². The third-order valence-electron chi connectivity index (χ3n) is 6.44. The summed E-state index contributed by atoms with van der Waals surface area (Å²) in [6.45, 7) is 1.29. The molecule has 35 heavy (non-hydrogen) atoms. The van der Waals surface area contributed by atoms with Crippen molar-refractivity contribution in [3.05, 3.63) is 77.4 Å². The van der Waals surface area contributed by atoms with E-state index in [-0.39, 0.29) is 50.2 Å². The number of allylic oxidation sites excluding steroid dienone is 1. The van der Waals surface area contributed by atoms with Gasteiger partial charge in [0.25, 0.3) is 11.8 Å². The van der Waals surface area contributed by atoms with Crippen molar-refractivity contribution in [3.63, 3.8) is 0 Å². The van der Waals surface area contributed by atoms with Gasteiger partial charge in [-0.15, -0.1) is 0 Å². The van der Waals surface area contributed by atoms with E-state index >= 15 is 0 Å². The van der Waals surface area contributed by atoms with Crippen molar-refractivity contribution in [1.29, 1.82) is 0 Å². The second-order valence-electron chi connectivity index (χ2n) is 8.73. The van der Waals surface area contributed by atoms with Gasteiger partial charge in [-0.2, -0.15) is 0 Å². The van der Waals surface area contributed by atoms with E-state index in [0.29, 0.717) is 30.6 Å². The fourth-order valence-corrected chi connectivity index (χ4v) is 4.45. The quantitative estimate of drug-likeness (QED) is 0.611. The van der Waals surface area contributed by atoms with Crippen molar-refractivity contribution in [1.82, 2.24) is 15.5 Å². The first-order valence-electron chi connectivity index (χ1n) is 11.6. The van der Waals surface area contributed by atoms with Gasteiger partial charge in [0.15, 0.2) is 0 Å². The lowest BCUT2D eigenvalue weighted by Gasteiger charge is -2.40. The molecule has 3 amide bonds. The molecule has 1 saturated heterocycles. The molecular weight excluding hydrogens is 456 g/mol. The highest BCUT2D eigenvalue weighted by atomic mass is 19.1. The van der Waals surface area contributed by atoms with Crippen molar-refractivity contribution in [3.8, 4) is 5.75 Å². The molecule has 0 unspecified atom stereocenters. The summed E-state index contributed by atoms with van der Waals surface area (Å²) in [5.41, 5.74) is -0.370. The molecule has 0 bridgehead atoms.